The number of nitro groups is 1. The summed E-state index contributed by atoms with van der Waals surface area (Å²) in [6.45, 7) is 8.78. The van der Waals surface area contributed by atoms with Crippen molar-refractivity contribution in [3.63, 3.8) is 0 Å². The first-order chi connectivity index (χ1) is 14.5. The van der Waals surface area contributed by atoms with Crippen LogP contribution in [0.15, 0.2) is 58.3 Å². The molecule has 1 heterocycles. The summed E-state index contributed by atoms with van der Waals surface area (Å²) in [7, 11) is -3.68. The minimum absolute atomic E-state index is 0.133. The number of benzene rings is 1. The van der Waals surface area contributed by atoms with Crippen molar-refractivity contribution >= 4 is 21.7 Å². The SMILES string of the molecule is CCNS(=O)(=O)/C=C/C1=C(C)NC(C)=C(C(=O)OC(C)C)C1c1cccc([N+](=O)[O-])c1. The summed E-state index contributed by atoms with van der Waals surface area (Å²) in [6, 6.07) is 5.93. The topological polar surface area (TPSA) is 128 Å². The normalized spacial score (nSPS) is 17.3. The number of allylic oxidation sites excluding steroid dienone is 4. The van der Waals surface area contributed by atoms with Crippen molar-refractivity contribution in [2.45, 2.75) is 46.6 Å². The number of non-ortho nitro benzene ring substituents is 1. The van der Waals surface area contributed by atoms with E-state index in [-0.39, 0.29) is 23.9 Å². The number of esters is 1. The summed E-state index contributed by atoms with van der Waals surface area (Å²) in [5.74, 6) is -1.33. The standard InChI is InChI=1S/C21H27N3O6S/c1-6-22-31(28,29)11-10-18-14(4)23-15(5)19(21(25)30-13(2)3)20(18)16-8-7-9-17(12-16)24(26)27/h7-13,20,22-23H,6H2,1-5H3/b11-10+. The monoisotopic (exact) mass is 449 g/mol. The highest BCUT2D eigenvalue weighted by Gasteiger charge is 2.34. The maximum Gasteiger partial charge on any atom is 0.337 e. The van der Waals surface area contributed by atoms with Crippen LogP contribution in [0.5, 0.6) is 0 Å². The van der Waals surface area contributed by atoms with Gasteiger partial charge in [-0.25, -0.2) is 17.9 Å². The van der Waals surface area contributed by atoms with Crippen LogP contribution in [0.3, 0.4) is 0 Å². The molecule has 168 valence electrons. The van der Waals surface area contributed by atoms with Crippen LogP contribution < -0.4 is 10.0 Å². The van der Waals surface area contributed by atoms with Gasteiger partial charge in [0.1, 0.15) is 0 Å². The number of dihydropyridines is 1. The number of nitrogens with zero attached hydrogens (tertiary/aromatic N) is 1. The molecule has 9 nitrogen and oxygen atoms in total. The molecule has 0 saturated heterocycles. The number of hydrogen-bond donors (Lipinski definition) is 2. The van der Waals surface area contributed by atoms with E-state index in [4.69, 9.17) is 4.74 Å². The maximum absolute atomic E-state index is 12.9. The second-order valence-electron chi connectivity index (χ2n) is 7.33. The van der Waals surface area contributed by atoms with E-state index in [0.717, 1.165) is 5.41 Å². The molecule has 0 radical (unpaired) electrons. The molecule has 0 aliphatic carbocycles. The van der Waals surface area contributed by atoms with Crippen LogP contribution in [-0.2, 0) is 19.6 Å². The Hall–Kier alpha value is -2.98. The highest BCUT2D eigenvalue weighted by atomic mass is 32.2. The van der Waals surface area contributed by atoms with Gasteiger partial charge < -0.3 is 10.1 Å². The number of carbonyl (C=O) groups is 1. The van der Waals surface area contributed by atoms with E-state index in [0.29, 0.717) is 22.5 Å². The third-order valence-electron chi connectivity index (χ3n) is 4.56. The van der Waals surface area contributed by atoms with Gasteiger partial charge in [0.25, 0.3) is 5.69 Å². The molecular weight excluding hydrogens is 422 g/mol. The molecular formula is C21H27N3O6S. The number of ether oxygens (including phenoxy) is 1. The van der Waals surface area contributed by atoms with E-state index in [1.165, 1.54) is 24.3 Å². The van der Waals surface area contributed by atoms with Gasteiger partial charge in [0, 0.05) is 41.4 Å². The number of sulfonamides is 1. The van der Waals surface area contributed by atoms with E-state index >= 15 is 0 Å². The Bertz CT molecular complexity index is 1070. The van der Waals surface area contributed by atoms with Crippen LogP contribution in [0.25, 0.3) is 0 Å². The Morgan fingerprint density at radius 1 is 1.32 bits per heavy atom. The lowest BCUT2D eigenvalue weighted by Gasteiger charge is -2.30. The Morgan fingerprint density at radius 2 is 2.00 bits per heavy atom. The van der Waals surface area contributed by atoms with Crippen molar-refractivity contribution in [1.29, 1.82) is 0 Å². The van der Waals surface area contributed by atoms with Crippen LogP contribution >= 0.6 is 0 Å². The van der Waals surface area contributed by atoms with Crippen molar-refractivity contribution in [1.82, 2.24) is 10.0 Å². The molecule has 1 unspecified atom stereocenters. The molecule has 1 atom stereocenters. The van der Waals surface area contributed by atoms with E-state index in [1.807, 2.05) is 0 Å². The van der Waals surface area contributed by atoms with Gasteiger partial charge in [0.05, 0.1) is 16.6 Å². The molecule has 1 aliphatic rings. The zero-order valence-corrected chi connectivity index (χ0v) is 18.9. The summed E-state index contributed by atoms with van der Waals surface area (Å²) >= 11 is 0. The molecule has 31 heavy (non-hydrogen) atoms. The molecule has 10 heteroatoms. The molecule has 0 amide bonds. The van der Waals surface area contributed by atoms with Gasteiger partial charge >= 0.3 is 5.97 Å². The second kappa shape index (κ2) is 9.88. The Balaban J connectivity index is 2.68. The van der Waals surface area contributed by atoms with Gasteiger partial charge in [-0.2, -0.15) is 0 Å². The zero-order chi connectivity index (χ0) is 23.3. The average molecular weight is 450 g/mol. The largest absolute Gasteiger partial charge is 0.460 e. The summed E-state index contributed by atoms with van der Waals surface area (Å²) in [5, 5.41) is 15.4. The van der Waals surface area contributed by atoms with Gasteiger partial charge in [-0.1, -0.05) is 19.1 Å². The van der Waals surface area contributed by atoms with Crippen molar-refractivity contribution in [3.05, 3.63) is 74.0 Å². The summed E-state index contributed by atoms with van der Waals surface area (Å²) in [6.07, 6.45) is 1.03. The third kappa shape index (κ3) is 6.02. The first-order valence-electron chi connectivity index (χ1n) is 9.78. The molecule has 0 saturated carbocycles. The van der Waals surface area contributed by atoms with E-state index in [1.54, 1.807) is 40.7 Å². The second-order valence-corrected chi connectivity index (χ2v) is 8.98. The number of rotatable bonds is 8. The molecule has 1 aromatic carbocycles. The van der Waals surface area contributed by atoms with E-state index < -0.39 is 26.8 Å². The zero-order valence-electron chi connectivity index (χ0n) is 18.1. The fourth-order valence-electron chi connectivity index (χ4n) is 3.36. The predicted molar refractivity (Wildman–Crippen MR) is 117 cm³/mol. The molecule has 0 bridgehead atoms. The number of nitro benzene ring substituents is 1. The quantitative estimate of drug-likeness (QED) is 0.354. The molecule has 0 fully saturated rings. The smallest absolute Gasteiger partial charge is 0.337 e. The highest BCUT2D eigenvalue weighted by molar-refractivity contribution is 7.92. The molecule has 1 aromatic rings. The first-order valence-corrected chi connectivity index (χ1v) is 11.3. The van der Waals surface area contributed by atoms with Crippen LogP contribution in [0.2, 0.25) is 0 Å². The third-order valence-corrected chi connectivity index (χ3v) is 5.75. The fourth-order valence-corrected chi connectivity index (χ4v) is 4.18. The Kier molecular flexibility index (Phi) is 7.75. The molecule has 0 spiro atoms. The summed E-state index contributed by atoms with van der Waals surface area (Å²) in [4.78, 5) is 23.7. The molecule has 2 N–H and O–H groups in total. The van der Waals surface area contributed by atoms with Crippen molar-refractivity contribution < 1.29 is 22.9 Å². The van der Waals surface area contributed by atoms with E-state index in [2.05, 4.69) is 10.0 Å². The maximum atomic E-state index is 12.9. The molecule has 2 rings (SSSR count). The first kappa shape index (κ1) is 24.3. The average Bonchev–Trinajstić information content (AvgIpc) is 2.66. The van der Waals surface area contributed by atoms with Gasteiger partial charge in [0.15, 0.2) is 0 Å². The van der Waals surface area contributed by atoms with Gasteiger partial charge in [-0.15, -0.1) is 0 Å². The number of hydrogen-bond acceptors (Lipinski definition) is 7. The van der Waals surface area contributed by atoms with Gasteiger partial charge in [0.2, 0.25) is 10.0 Å². The number of carbonyl (C=O) groups excluding carboxylic acids is 1. The van der Waals surface area contributed by atoms with Crippen molar-refractivity contribution in [2.24, 2.45) is 0 Å². The lowest BCUT2D eigenvalue weighted by atomic mass is 9.80. The molecule has 1 aliphatic heterocycles. The van der Waals surface area contributed by atoms with Crippen molar-refractivity contribution in [2.75, 3.05) is 6.54 Å². The summed E-state index contributed by atoms with van der Waals surface area (Å²) in [5.41, 5.74) is 2.25. The van der Waals surface area contributed by atoms with Crippen LogP contribution in [0.4, 0.5) is 5.69 Å². The fraction of sp³-hybridized carbons (Fsp3) is 0.381. The van der Waals surface area contributed by atoms with E-state index in [9.17, 15) is 23.3 Å². The Morgan fingerprint density at radius 3 is 2.58 bits per heavy atom. The lowest BCUT2D eigenvalue weighted by Crippen LogP contribution is -2.30. The lowest BCUT2D eigenvalue weighted by molar-refractivity contribution is -0.384. The number of nitrogens with one attached hydrogen (secondary N) is 2. The van der Waals surface area contributed by atoms with Crippen molar-refractivity contribution in [3.8, 4) is 0 Å². The van der Waals surface area contributed by atoms with Crippen LogP contribution in [0.1, 0.15) is 46.1 Å². The summed E-state index contributed by atoms with van der Waals surface area (Å²) < 4.78 is 32.1. The van der Waals surface area contributed by atoms with Gasteiger partial charge in [-0.05, 0) is 44.9 Å². The van der Waals surface area contributed by atoms with Crippen LogP contribution in [-0.4, -0.2) is 32.0 Å². The predicted octanol–water partition coefficient (Wildman–Crippen LogP) is 3.23. The highest BCUT2D eigenvalue weighted by Crippen LogP contribution is 2.40. The Labute approximate surface area is 182 Å². The minimum atomic E-state index is -3.68. The van der Waals surface area contributed by atoms with Crippen LogP contribution in [0, 0.1) is 10.1 Å². The molecule has 0 aromatic heterocycles. The van der Waals surface area contributed by atoms with Gasteiger partial charge in [-0.3, -0.25) is 10.1 Å². The minimum Gasteiger partial charge on any atom is -0.460 e.